The molecule has 1 aliphatic rings. The molecule has 3 aromatic rings. The molecule has 1 atom stereocenters. The summed E-state index contributed by atoms with van der Waals surface area (Å²) in [5, 5.41) is 8.84. The molecular weight excluding hydrogens is 350 g/mol. The molecule has 0 N–H and O–H groups in total. The van der Waals surface area contributed by atoms with Gasteiger partial charge in [-0.1, -0.05) is 30.3 Å². The highest BCUT2D eigenvalue weighted by Crippen LogP contribution is 2.25. The molecule has 0 spiro atoms. The van der Waals surface area contributed by atoms with Crippen molar-refractivity contribution in [2.75, 3.05) is 6.54 Å². The third kappa shape index (κ3) is 3.23. The van der Waals surface area contributed by atoms with Crippen LogP contribution in [0.2, 0.25) is 0 Å². The van der Waals surface area contributed by atoms with E-state index in [0.29, 0.717) is 13.1 Å². The second kappa shape index (κ2) is 7.26. The SMILES string of the molecule is Cc1cc(C(=O)N2Cc3nnc(CCc4ccccc4)n3[C@@H](C)C2)c(C)n1C. The highest BCUT2D eigenvalue weighted by atomic mass is 16.2. The molecule has 6 heteroatoms. The van der Waals surface area contributed by atoms with Crippen LogP contribution in [0.1, 0.15) is 51.9 Å². The summed E-state index contributed by atoms with van der Waals surface area (Å²) in [6, 6.07) is 12.6. The minimum Gasteiger partial charge on any atom is -0.351 e. The van der Waals surface area contributed by atoms with E-state index in [1.54, 1.807) is 0 Å². The Bertz CT molecular complexity index is 1000. The summed E-state index contributed by atoms with van der Waals surface area (Å²) in [5.74, 6) is 1.96. The number of nitrogens with zero attached hydrogens (tertiary/aromatic N) is 5. The number of amides is 1. The van der Waals surface area contributed by atoms with Crippen molar-refractivity contribution in [3.63, 3.8) is 0 Å². The molecule has 2 aromatic heterocycles. The topological polar surface area (TPSA) is 56.0 Å². The van der Waals surface area contributed by atoms with Crippen LogP contribution in [0, 0.1) is 13.8 Å². The molecule has 0 aliphatic carbocycles. The van der Waals surface area contributed by atoms with Gasteiger partial charge in [-0.05, 0) is 38.8 Å². The zero-order chi connectivity index (χ0) is 19.8. The Kier molecular flexibility index (Phi) is 4.79. The molecule has 4 rings (SSSR count). The Balaban J connectivity index is 1.52. The predicted octanol–water partition coefficient (Wildman–Crippen LogP) is 3.24. The molecule has 0 saturated heterocycles. The highest BCUT2D eigenvalue weighted by molar-refractivity contribution is 5.95. The van der Waals surface area contributed by atoms with Crippen molar-refractivity contribution in [3.8, 4) is 0 Å². The van der Waals surface area contributed by atoms with E-state index in [4.69, 9.17) is 0 Å². The number of hydrogen-bond donors (Lipinski definition) is 0. The lowest BCUT2D eigenvalue weighted by atomic mass is 10.1. The van der Waals surface area contributed by atoms with Gasteiger partial charge in [-0.2, -0.15) is 0 Å². The van der Waals surface area contributed by atoms with E-state index in [2.05, 4.69) is 50.5 Å². The fourth-order valence-corrected chi connectivity index (χ4v) is 4.08. The number of rotatable bonds is 4. The van der Waals surface area contributed by atoms with Gasteiger partial charge in [0.25, 0.3) is 5.91 Å². The van der Waals surface area contributed by atoms with Gasteiger partial charge in [0.15, 0.2) is 5.82 Å². The number of aryl methyl sites for hydroxylation is 3. The summed E-state index contributed by atoms with van der Waals surface area (Å²) < 4.78 is 4.28. The minimum atomic E-state index is 0.0770. The number of carbonyl (C=O) groups excluding carboxylic acids is 1. The summed E-state index contributed by atoms with van der Waals surface area (Å²) >= 11 is 0. The molecule has 28 heavy (non-hydrogen) atoms. The van der Waals surface area contributed by atoms with Crippen LogP contribution >= 0.6 is 0 Å². The van der Waals surface area contributed by atoms with Gasteiger partial charge in [0.1, 0.15) is 5.82 Å². The van der Waals surface area contributed by atoms with Crippen LogP contribution in [0.4, 0.5) is 0 Å². The first kappa shape index (κ1) is 18.5. The van der Waals surface area contributed by atoms with Crippen molar-refractivity contribution in [1.82, 2.24) is 24.2 Å². The van der Waals surface area contributed by atoms with E-state index < -0.39 is 0 Å². The molecule has 0 saturated carbocycles. The number of fused-ring (bicyclic) bond motifs is 1. The van der Waals surface area contributed by atoms with E-state index in [9.17, 15) is 4.79 Å². The second-order valence-corrected chi connectivity index (χ2v) is 7.77. The van der Waals surface area contributed by atoms with Gasteiger partial charge in [-0.3, -0.25) is 4.79 Å². The van der Waals surface area contributed by atoms with E-state index in [1.807, 2.05) is 37.9 Å². The van der Waals surface area contributed by atoms with Crippen LogP contribution in [0.3, 0.4) is 0 Å². The molecule has 3 heterocycles. The van der Waals surface area contributed by atoms with Crippen molar-refractivity contribution in [1.29, 1.82) is 0 Å². The Labute approximate surface area is 165 Å². The van der Waals surface area contributed by atoms with Gasteiger partial charge in [0.05, 0.1) is 18.2 Å². The zero-order valence-corrected chi connectivity index (χ0v) is 17.0. The predicted molar refractivity (Wildman–Crippen MR) is 108 cm³/mol. The summed E-state index contributed by atoms with van der Waals surface area (Å²) in [6.07, 6.45) is 1.79. The van der Waals surface area contributed by atoms with Gasteiger partial charge in [-0.15, -0.1) is 10.2 Å². The standard InChI is InChI=1S/C22H27N5O/c1-15-12-19(17(3)25(15)4)22(28)26-13-16(2)27-20(23-24-21(27)14-26)11-10-18-8-6-5-7-9-18/h5-9,12,16H,10-11,13-14H2,1-4H3/t16-/m0/s1. The molecule has 0 fully saturated rings. The maximum Gasteiger partial charge on any atom is 0.256 e. The Morgan fingerprint density at radius 1 is 1.14 bits per heavy atom. The lowest BCUT2D eigenvalue weighted by Crippen LogP contribution is -2.41. The molecular formula is C22H27N5O. The van der Waals surface area contributed by atoms with Gasteiger partial charge < -0.3 is 14.0 Å². The van der Waals surface area contributed by atoms with Crippen molar-refractivity contribution < 1.29 is 4.79 Å². The fraction of sp³-hybridized carbons (Fsp3) is 0.409. The molecule has 0 radical (unpaired) electrons. The maximum atomic E-state index is 13.1. The van der Waals surface area contributed by atoms with Crippen LogP contribution < -0.4 is 0 Å². The monoisotopic (exact) mass is 377 g/mol. The first-order valence-electron chi connectivity index (χ1n) is 9.84. The van der Waals surface area contributed by atoms with E-state index in [-0.39, 0.29) is 11.9 Å². The van der Waals surface area contributed by atoms with Crippen molar-refractivity contribution >= 4 is 5.91 Å². The Morgan fingerprint density at radius 3 is 2.57 bits per heavy atom. The summed E-state index contributed by atoms with van der Waals surface area (Å²) in [5.41, 5.74) is 4.18. The summed E-state index contributed by atoms with van der Waals surface area (Å²) in [6.45, 7) is 7.35. The summed E-state index contributed by atoms with van der Waals surface area (Å²) in [7, 11) is 2.00. The molecule has 1 aromatic carbocycles. The zero-order valence-electron chi connectivity index (χ0n) is 17.0. The lowest BCUT2D eigenvalue weighted by molar-refractivity contribution is 0.0679. The molecule has 1 aliphatic heterocycles. The highest BCUT2D eigenvalue weighted by Gasteiger charge is 2.30. The number of benzene rings is 1. The largest absolute Gasteiger partial charge is 0.351 e. The van der Waals surface area contributed by atoms with Crippen LogP contribution in [0.5, 0.6) is 0 Å². The average Bonchev–Trinajstić information content (AvgIpc) is 3.23. The second-order valence-electron chi connectivity index (χ2n) is 7.77. The van der Waals surface area contributed by atoms with Crippen LogP contribution in [-0.4, -0.2) is 36.7 Å². The minimum absolute atomic E-state index is 0.0770. The van der Waals surface area contributed by atoms with Crippen LogP contribution in [0.15, 0.2) is 36.4 Å². The first-order valence-corrected chi connectivity index (χ1v) is 9.84. The lowest BCUT2D eigenvalue weighted by Gasteiger charge is -2.32. The molecule has 0 unspecified atom stereocenters. The third-order valence-electron chi connectivity index (χ3n) is 5.87. The molecule has 0 bridgehead atoms. The Hall–Kier alpha value is -2.89. The van der Waals surface area contributed by atoms with E-state index in [1.165, 1.54) is 5.56 Å². The molecule has 6 nitrogen and oxygen atoms in total. The first-order chi connectivity index (χ1) is 13.5. The number of hydrogen-bond acceptors (Lipinski definition) is 3. The quantitative estimate of drug-likeness (QED) is 0.701. The number of aromatic nitrogens is 4. The van der Waals surface area contributed by atoms with Crippen molar-refractivity contribution in [2.24, 2.45) is 7.05 Å². The normalized spacial score (nSPS) is 16.3. The number of carbonyl (C=O) groups is 1. The van der Waals surface area contributed by atoms with E-state index >= 15 is 0 Å². The van der Waals surface area contributed by atoms with Gasteiger partial charge >= 0.3 is 0 Å². The van der Waals surface area contributed by atoms with Crippen molar-refractivity contribution in [2.45, 2.75) is 46.2 Å². The van der Waals surface area contributed by atoms with Crippen LogP contribution in [0.25, 0.3) is 0 Å². The summed E-state index contributed by atoms with van der Waals surface area (Å²) in [4.78, 5) is 15.0. The average molecular weight is 377 g/mol. The van der Waals surface area contributed by atoms with E-state index in [0.717, 1.165) is 41.4 Å². The van der Waals surface area contributed by atoms with Gasteiger partial charge in [0, 0.05) is 31.4 Å². The van der Waals surface area contributed by atoms with Gasteiger partial charge in [0.2, 0.25) is 0 Å². The van der Waals surface area contributed by atoms with Gasteiger partial charge in [-0.25, -0.2) is 0 Å². The smallest absolute Gasteiger partial charge is 0.256 e. The fourth-order valence-electron chi connectivity index (χ4n) is 4.08. The molecule has 1 amide bonds. The van der Waals surface area contributed by atoms with Crippen molar-refractivity contribution in [3.05, 3.63) is 70.6 Å². The third-order valence-corrected chi connectivity index (χ3v) is 5.87. The Morgan fingerprint density at radius 2 is 1.89 bits per heavy atom. The maximum absolute atomic E-state index is 13.1. The van der Waals surface area contributed by atoms with Crippen LogP contribution in [-0.2, 0) is 26.4 Å². The molecule has 146 valence electrons.